The maximum Gasteiger partial charge on any atom is 0.0403 e. The summed E-state index contributed by atoms with van der Waals surface area (Å²) in [5, 5.41) is 0. The fourth-order valence-corrected chi connectivity index (χ4v) is 1.77. The Morgan fingerprint density at radius 3 is 2.44 bits per heavy atom. The molecule has 0 amide bonds. The Kier molecular flexibility index (Phi) is 3.71. The molecule has 0 aliphatic heterocycles. The van der Waals surface area contributed by atoms with Gasteiger partial charge in [-0.2, -0.15) is 0 Å². The summed E-state index contributed by atoms with van der Waals surface area (Å²) < 4.78 is 0. The van der Waals surface area contributed by atoms with Crippen molar-refractivity contribution in [3.05, 3.63) is 65.5 Å². The highest BCUT2D eigenvalue weighted by molar-refractivity contribution is 5.21. The summed E-state index contributed by atoms with van der Waals surface area (Å²) >= 11 is 0. The van der Waals surface area contributed by atoms with Crippen LogP contribution in [0.3, 0.4) is 0 Å². The molecule has 0 aliphatic carbocycles. The van der Waals surface area contributed by atoms with Gasteiger partial charge < -0.3 is 0 Å². The molecular formula is C15H17N. The quantitative estimate of drug-likeness (QED) is 0.753. The van der Waals surface area contributed by atoms with E-state index in [9.17, 15) is 0 Å². The van der Waals surface area contributed by atoms with Gasteiger partial charge in [-0.25, -0.2) is 0 Å². The van der Waals surface area contributed by atoms with Crippen LogP contribution >= 0.6 is 0 Å². The molecule has 1 heteroatoms. The molecule has 0 bridgehead atoms. The van der Waals surface area contributed by atoms with Gasteiger partial charge in [0.2, 0.25) is 0 Å². The topological polar surface area (TPSA) is 12.9 Å². The van der Waals surface area contributed by atoms with Gasteiger partial charge >= 0.3 is 0 Å². The monoisotopic (exact) mass is 211 g/mol. The first-order chi connectivity index (χ1) is 7.84. The van der Waals surface area contributed by atoms with Gasteiger partial charge in [0.1, 0.15) is 0 Å². The molecule has 0 spiro atoms. The summed E-state index contributed by atoms with van der Waals surface area (Å²) in [5.41, 5.74) is 3.93. The fourth-order valence-electron chi connectivity index (χ4n) is 1.77. The number of hydrogen-bond acceptors (Lipinski definition) is 1. The van der Waals surface area contributed by atoms with E-state index < -0.39 is 0 Å². The molecule has 1 aromatic carbocycles. The number of pyridine rings is 1. The zero-order chi connectivity index (χ0) is 11.2. The Balaban J connectivity index is 1.82. The van der Waals surface area contributed by atoms with Crippen molar-refractivity contribution in [3.8, 4) is 0 Å². The third-order valence-electron chi connectivity index (χ3n) is 2.75. The molecule has 0 saturated heterocycles. The molecule has 0 saturated carbocycles. The number of benzene rings is 1. The Labute approximate surface area is 97.2 Å². The molecule has 2 rings (SSSR count). The minimum atomic E-state index is 1.06. The van der Waals surface area contributed by atoms with E-state index in [1.54, 1.807) is 0 Å². The van der Waals surface area contributed by atoms with E-state index in [1.165, 1.54) is 23.2 Å². The van der Waals surface area contributed by atoms with E-state index in [4.69, 9.17) is 0 Å². The molecule has 82 valence electrons. The van der Waals surface area contributed by atoms with E-state index in [2.05, 4.69) is 42.2 Å². The predicted molar refractivity (Wildman–Crippen MR) is 67.4 cm³/mol. The maximum atomic E-state index is 4.32. The van der Waals surface area contributed by atoms with Crippen molar-refractivity contribution in [2.75, 3.05) is 0 Å². The zero-order valence-corrected chi connectivity index (χ0v) is 9.69. The van der Waals surface area contributed by atoms with Gasteiger partial charge in [0.05, 0.1) is 0 Å². The number of rotatable bonds is 4. The van der Waals surface area contributed by atoms with Crippen LogP contribution in [0.2, 0.25) is 0 Å². The SMILES string of the molecule is Cc1ccc(CCCc2ccccn2)cc1. The molecule has 2 aromatic rings. The first-order valence-corrected chi connectivity index (χ1v) is 5.80. The molecule has 0 radical (unpaired) electrons. The third kappa shape index (κ3) is 3.20. The molecule has 0 unspecified atom stereocenters. The van der Waals surface area contributed by atoms with Gasteiger partial charge in [-0.05, 0) is 43.9 Å². The second kappa shape index (κ2) is 5.45. The summed E-state index contributed by atoms with van der Waals surface area (Å²) in [6.07, 6.45) is 5.23. The van der Waals surface area contributed by atoms with Crippen LogP contribution in [0.1, 0.15) is 23.2 Å². The van der Waals surface area contributed by atoms with Crippen molar-refractivity contribution in [1.82, 2.24) is 4.98 Å². The van der Waals surface area contributed by atoms with E-state index in [0.717, 1.165) is 12.8 Å². The normalized spacial score (nSPS) is 10.3. The highest BCUT2D eigenvalue weighted by Crippen LogP contribution is 2.08. The van der Waals surface area contributed by atoms with Gasteiger partial charge in [0.25, 0.3) is 0 Å². The van der Waals surface area contributed by atoms with Gasteiger partial charge in [-0.3, -0.25) is 4.98 Å². The van der Waals surface area contributed by atoms with Crippen molar-refractivity contribution in [2.45, 2.75) is 26.2 Å². The lowest BCUT2D eigenvalue weighted by Gasteiger charge is -2.02. The number of aryl methyl sites for hydroxylation is 3. The molecule has 1 nitrogen and oxygen atoms in total. The van der Waals surface area contributed by atoms with Crippen LogP contribution in [0.5, 0.6) is 0 Å². The Hall–Kier alpha value is -1.63. The first kappa shape index (κ1) is 10.9. The van der Waals surface area contributed by atoms with Crippen molar-refractivity contribution in [2.24, 2.45) is 0 Å². The van der Waals surface area contributed by atoms with Crippen LogP contribution in [-0.2, 0) is 12.8 Å². The number of aromatic nitrogens is 1. The first-order valence-electron chi connectivity index (χ1n) is 5.80. The fraction of sp³-hybridized carbons (Fsp3) is 0.267. The summed E-state index contributed by atoms with van der Waals surface area (Å²) in [6.45, 7) is 2.12. The van der Waals surface area contributed by atoms with Crippen molar-refractivity contribution < 1.29 is 0 Å². The molecular weight excluding hydrogens is 194 g/mol. The highest BCUT2D eigenvalue weighted by atomic mass is 14.7. The third-order valence-corrected chi connectivity index (χ3v) is 2.75. The van der Waals surface area contributed by atoms with Crippen LogP contribution in [0.25, 0.3) is 0 Å². The second-order valence-electron chi connectivity index (χ2n) is 4.16. The number of nitrogens with zero attached hydrogens (tertiary/aromatic N) is 1. The van der Waals surface area contributed by atoms with Crippen molar-refractivity contribution >= 4 is 0 Å². The van der Waals surface area contributed by atoms with Gasteiger partial charge in [0, 0.05) is 11.9 Å². The maximum absolute atomic E-state index is 4.32. The average Bonchev–Trinajstić information content (AvgIpc) is 2.33. The lowest BCUT2D eigenvalue weighted by atomic mass is 10.1. The van der Waals surface area contributed by atoms with Gasteiger partial charge in [-0.15, -0.1) is 0 Å². The van der Waals surface area contributed by atoms with Crippen LogP contribution in [0, 0.1) is 6.92 Å². The number of hydrogen-bond donors (Lipinski definition) is 0. The lowest BCUT2D eigenvalue weighted by Crippen LogP contribution is -1.92. The molecule has 0 atom stereocenters. The van der Waals surface area contributed by atoms with Crippen LogP contribution in [0.15, 0.2) is 48.7 Å². The lowest BCUT2D eigenvalue weighted by molar-refractivity contribution is 0.799. The molecule has 0 aliphatic rings. The summed E-state index contributed by atoms with van der Waals surface area (Å²) in [4.78, 5) is 4.32. The van der Waals surface area contributed by atoms with Crippen LogP contribution in [0.4, 0.5) is 0 Å². The Morgan fingerprint density at radius 1 is 0.938 bits per heavy atom. The minimum Gasteiger partial charge on any atom is -0.261 e. The second-order valence-corrected chi connectivity index (χ2v) is 4.16. The summed E-state index contributed by atoms with van der Waals surface area (Å²) in [5.74, 6) is 0. The zero-order valence-electron chi connectivity index (χ0n) is 9.69. The van der Waals surface area contributed by atoms with E-state index in [0.29, 0.717) is 0 Å². The molecule has 0 N–H and O–H groups in total. The van der Waals surface area contributed by atoms with Gasteiger partial charge in [-0.1, -0.05) is 35.9 Å². The molecule has 0 fully saturated rings. The largest absolute Gasteiger partial charge is 0.261 e. The van der Waals surface area contributed by atoms with Crippen molar-refractivity contribution in [1.29, 1.82) is 0 Å². The minimum absolute atomic E-state index is 1.06. The summed E-state index contributed by atoms with van der Waals surface area (Å²) in [7, 11) is 0. The Bertz CT molecular complexity index is 417. The average molecular weight is 211 g/mol. The van der Waals surface area contributed by atoms with Crippen LogP contribution in [-0.4, -0.2) is 4.98 Å². The van der Waals surface area contributed by atoms with E-state index in [-0.39, 0.29) is 0 Å². The van der Waals surface area contributed by atoms with E-state index in [1.807, 2.05) is 18.3 Å². The highest BCUT2D eigenvalue weighted by Gasteiger charge is 1.95. The predicted octanol–water partition coefficient (Wildman–Crippen LogP) is 3.57. The van der Waals surface area contributed by atoms with Crippen molar-refractivity contribution in [3.63, 3.8) is 0 Å². The van der Waals surface area contributed by atoms with Crippen LogP contribution < -0.4 is 0 Å². The summed E-state index contributed by atoms with van der Waals surface area (Å²) in [6, 6.07) is 14.9. The molecule has 16 heavy (non-hydrogen) atoms. The molecule has 1 heterocycles. The van der Waals surface area contributed by atoms with E-state index >= 15 is 0 Å². The Morgan fingerprint density at radius 2 is 1.75 bits per heavy atom. The smallest absolute Gasteiger partial charge is 0.0403 e. The van der Waals surface area contributed by atoms with Gasteiger partial charge in [0.15, 0.2) is 0 Å². The standard InChI is InChI=1S/C15H17N/c1-13-8-10-14(11-9-13)5-4-7-15-6-2-3-12-16-15/h2-3,6,8-12H,4-5,7H2,1H3. The molecule has 1 aromatic heterocycles.